The van der Waals surface area contributed by atoms with E-state index in [9.17, 15) is 4.79 Å². The van der Waals surface area contributed by atoms with Gasteiger partial charge >= 0.3 is 0 Å². The van der Waals surface area contributed by atoms with Crippen LogP contribution in [0.25, 0.3) is 28.2 Å². The van der Waals surface area contributed by atoms with Gasteiger partial charge in [0.2, 0.25) is 5.91 Å². The molecule has 0 spiro atoms. The highest BCUT2D eigenvalue weighted by molar-refractivity contribution is 5.81. The van der Waals surface area contributed by atoms with Gasteiger partial charge in [0.05, 0.1) is 23.5 Å². The predicted octanol–water partition coefficient (Wildman–Crippen LogP) is 4.35. The highest BCUT2D eigenvalue weighted by Crippen LogP contribution is 2.36. The zero-order chi connectivity index (χ0) is 24.6. The second-order valence-electron chi connectivity index (χ2n) is 9.21. The molecule has 3 aromatic heterocycles. The molecule has 34 heavy (non-hydrogen) atoms. The van der Waals surface area contributed by atoms with Crippen LogP contribution in [-0.4, -0.2) is 55.7 Å². The fourth-order valence-electron chi connectivity index (χ4n) is 4.35. The Morgan fingerprint density at radius 2 is 1.82 bits per heavy atom. The lowest BCUT2D eigenvalue weighted by atomic mass is 9.93. The molecular weight excluding hydrogens is 426 g/mol. The molecule has 4 rings (SSSR count). The maximum atomic E-state index is 12.6. The van der Waals surface area contributed by atoms with Crippen molar-refractivity contribution in [2.45, 2.75) is 52.6 Å². The summed E-state index contributed by atoms with van der Waals surface area (Å²) in [4.78, 5) is 18.7. The first-order valence-electron chi connectivity index (χ1n) is 11.7. The summed E-state index contributed by atoms with van der Waals surface area (Å²) in [5, 5.41) is 15.3. The molecule has 178 valence electrons. The largest absolute Gasteiger partial charge is 0.338 e. The number of amides is 1. The van der Waals surface area contributed by atoms with Crippen molar-refractivity contribution in [3.8, 4) is 22.5 Å². The average molecular weight is 460 g/mol. The predicted molar refractivity (Wildman–Crippen MR) is 135 cm³/mol. The molecule has 4 aromatic rings. The van der Waals surface area contributed by atoms with Gasteiger partial charge in [-0.15, -0.1) is 0 Å². The molecule has 0 radical (unpaired) electrons. The van der Waals surface area contributed by atoms with Crippen LogP contribution in [0.2, 0.25) is 0 Å². The lowest BCUT2D eigenvalue weighted by molar-refractivity contribution is -0.133. The Labute approximate surface area is 200 Å². The summed E-state index contributed by atoms with van der Waals surface area (Å²) < 4.78 is 1.80. The Morgan fingerprint density at radius 3 is 2.47 bits per heavy atom. The van der Waals surface area contributed by atoms with Crippen molar-refractivity contribution >= 4 is 11.6 Å². The standard InChI is InChI=1S/C26H33N7O/c1-15(2)22-23(30-31-24(22)21-12-16(3)25-28-14-29-33(25)13-21)20-10-8-19(9-11-20)18(5)32(7)26(34)17(4)27-6/h8-15,17-18,27H,1-7H3,(H,30,31)/t17?,18-/m0/s1. The van der Waals surface area contributed by atoms with E-state index < -0.39 is 0 Å². The van der Waals surface area contributed by atoms with E-state index in [1.807, 2.05) is 34.0 Å². The number of benzene rings is 1. The SMILES string of the molecule is CNC(C)C(=O)N(C)[C@@H](C)c1ccc(-c2[nH]nc(-c3cc(C)c4ncnn4c3)c2C(C)C)cc1. The summed E-state index contributed by atoms with van der Waals surface area (Å²) >= 11 is 0. The second kappa shape index (κ2) is 9.38. The summed E-state index contributed by atoms with van der Waals surface area (Å²) in [5.41, 5.74) is 8.15. The van der Waals surface area contributed by atoms with Crippen LogP contribution in [0.15, 0.2) is 42.9 Å². The molecule has 8 nitrogen and oxygen atoms in total. The zero-order valence-corrected chi connectivity index (χ0v) is 20.9. The number of hydrogen-bond donors (Lipinski definition) is 2. The number of carbonyl (C=O) groups is 1. The summed E-state index contributed by atoms with van der Waals surface area (Å²) in [5.74, 6) is 0.333. The summed E-state index contributed by atoms with van der Waals surface area (Å²) in [7, 11) is 3.65. The van der Waals surface area contributed by atoms with Gasteiger partial charge in [0.1, 0.15) is 6.33 Å². The molecule has 0 aliphatic rings. The Morgan fingerprint density at radius 1 is 1.12 bits per heavy atom. The zero-order valence-electron chi connectivity index (χ0n) is 20.9. The van der Waals surface area contributed by atoms with E-state index in [0.29, 0.717) is 0 Å². The van der Waals surface area contributed by atoms with Gasteiger partial charge in [0, 0.05) is 24.4 Å². The van der Waals surface area contributed by atoms with Crippen molar-refractivity contribution in [3.05, 3.63) is 59.5 Å². The van der Waals surface area contributed by atoms with Crippen LogP contribution in [-0.2, 0) is 4.79 Å². The van der Waals surface area contributed by atoms with E-state index in [-0.39, 0.29) is 23.9 Å². The first-order chi connectivity index (χ1) is 16.2. The molecule has 0 bridgehead atoms. The van der Waals surface area contributed by atoms with Crippen LogP contribution in [0.1, 0.15) is 56.3 Å². The van der Waals surface area contributed by atoms with Gasteiger partial charge in [-0.3, -0.25) is 9.89 Å². The maximum Gasteiger partial charge on any atom is 0.239 e. The summed E-state index contributed by atoms with van der Waals surface area (Å²) in [6.45, 7) is 10.3. The van der Waals surface area contributed by atoms with Gasteiger partial charge in [0.15, 0.2) is 5.65 Å². The normalized spacial score (nSPS) is 13.4. The van der Waals surface area contributed by atoms with Gasteiger partial charge in [-0.1, -0.05) is 38.1 Å². The number of aryl methyl sites for hydroxylation is 1. The number of rotatable bonds is 7. The Kier molecular flexibility index (Phi) is 6.52. The van der Waals surface area contributed by atoms with Gasteiger partial charge in [-0.25, -0.2) is 9.50 Å². The van der Waals surface area contributed by atoms with Crippen molar-refractivity contribution < 1.29 is 4.79 Å². The molecule has 1 amide bonds. The number of aromatic amines is 1. The topological polar surface area (TPSA) is 91.2 Å². The number of aromatic nitrogens is 5. The third-order valence-corrected chi connectivity index (χ3v) is 6.63. The van der Waals surface area contributed by atoms with Gasteiger partial charge in [-0.05, 0) is 56.5 Å². The molecule has 0 fully saturated rings. The number of pyridine rings is 1. The lowest BCUT2D eigenvalue weighted by Crippen LogP contribution is -2.42. The smallest absolute Gasteiger partial charge is 0.239 e. The third kappa shape index (κ3) is 4.21. The molecule has 2 atom stereocenters. The molecule has 2 N–H and O–H groups in total. The minimum absolute atomic E-state index is 0.0309. The summed E-state index contributed by atoms with van der Waals surface area (Å²) in [6, 6.07) is 10.2. The lowest BCUT2D eigenvalue weighted by Gasteiger charge is -2.28. The average Bonchev–Trinajstić information content (AvgIpc) is 3.50. The fourth-order valence-corrected chi connectivity index (χ4v) is 4.35. The number of fused-ring (bicyclic) bond motifs is 1. The minimum Gasteiger partial charge on any atom is -0.338 e. The van der Waals surface area contributed by atoms with E-state index in [0.717, 1.165) is 44.9 Å². The highest BCUT2D eigenvalue weighted by atomic mass is 16.2. The highest BCUT2D eigenvalue weighted by Gasteiger charge is 2.23. The number of H-pyrrole nitrogens is 1. The number of nitrogens with zero attached hydrogens (tertiary/aromatic N) is 5. The van der Waals surface area contributed by atoms with E-state index >= 15 is 0 Å². The van der Waals surface area contributed by atoms with Gasteiger partial charge < -0.3 is 10.2 Å². The molecule has 0 aliphatic carbocycles. The quantitative estimate of drug-likeness (QED) is 0.429. The number of carbonyl (C=O) groups excluding carboxylic acids is 1. The second-order valence-corrected chi connectivity index (χ2v) is 9.21. The molecule has 0 saturated heterocycles. The Hall–Kier alpha value is -3.52. The van der Waals surface area contributed by atoms with Crippen molar-refractivity contribution in [2.24, 2.45) is 0 Å². The number of likely N-dealkylation sites (N-methyl/N-ethyl adjacent to an activating group) is 2. The monoisotopic (exact) mass is 459 g/mol. The molecule has 1 aromatic carbocycles. The molecule has 1 unspecified atom stereocenters. The van der Waals surface area contributed by atoms with Crippen LogP contribution < -0.4 is 5.32 Å². The van der Waals surface area contributed by atoms with E-state index in [1.54, 1.807) is 22.8 Å². The van der Waals surface area contributed by atoms with Crippen molar-refractivity contribution in [2.75, 3.05) is 14.1 Å². The van der Waals surface area contributed by atoms with E-state index in [1.165, 1.54) is 0 Å². The van der Waals surface area contributed by atoms with Crippen molar-refractivity contribution in [1.29, 1.82) is 0 Å². The molecule has 0 aliphatic heterocycles. The number of hydrogen-bond acceptors (Lipinski definition) is 5. The van der Waals surface area contributed by atoms with Crippen LogP contribution in [0.5, 0.6) is 0 Å². The molecule has 0 saturated carbocycles. The maximum absolute atomic E-state index is 12.6. The van der Waals surface area contributed by atoms with E-state index in [4.69, 9.17) is 5.10 Å². The molecule has 8 heteroatoms. The minimum atomic E-state index is -0.218. The van der Waals surface area contributed by atoms with E-state index in [2.05, 4.69) is 64.7 Å². The van der Waals surface area contributed by atoms with Crippen LogP contribution in [0.4, 0.5) is 0 Å². The fraction of sp³-hybridized carbons (Fsp3) is 0.385. The first kappa shape index (κ1) is 23.6. The Balaban J connectivity index is 1.67. The third-order valence-electron chi connectivity index (χ3n) is 6.63. The van der Waals surface area contributed by atoms with Crippen molar-refractivity contribution in [3.63, 3.8) is 0 Å². The van der Waals surface area contributed by atoms with Crippen LogP contribution in [0.3, 0.4) is 0 Å². The van der Waals surface area contributed by atoms with Crippen LogP contribution >= 0.6 is 0 Å². The van der Waals surface area contributed by atoms with Gasteiger partial charge in [-0.2, -0.15) is 10.2 Å². The van der Waals surface area contributed by atoms with Gasteiger partial charge in [0.25, 0.3) is 0 Å². The molecular formula is C26H33N7O. The Bertz CT molecular complexity index is 1300. The first-order valence-corrected chi connectivity index (χ1v) is 11.7. The number of nitrogens with one attached hydrogen (secondary N) is 2. The molecule has 3 heterocycles. The summed E-state index contributed by atoms with van der Waals surface area (Å²) in [6.07, 6.45) is 3.54. The van der Waals surface area contributed by atoms with Crippen molar-refractivity contribution in [1.82, 2.24) is 35.0 Å². The van der Waals surface area contributed by atoms with Crippen LogP contribution in [0, 0.1) is 6.92 Å².